The van der Waals surface area contributed by atoms with Crippen LogP contribution in [0.3, 0.4) is 0 Å². The van der Waals surface area contributed by atoms with Crippen molar-refractivity contribution in [3.05, 3.63) is 40.1 Å². The van der Waals surface area contributed by atoms with Crippen LogP contribution in [-0.4, -0.2) is 6.54 Å². The molecular formula is C9H8BrClFN. The van der Waals surface area contributed by atoms with Crippen molar-refractivity contribution >= 4 is 33.2 Å². The van der Waals surface area contributed by atoms with Gasteiger partial charge in [-0.25, -0.2) is 4.39 Å². The van der Waals surface area contributed by atoms with Crippen LogP contribution in [0, 0.1) is 5.82 Å². The largest absolute Gasteiger partial charge is 0.378 e. The molecule has 1 aromatic carbocycles. The van der Waals surface area contributed by atoms with E-state index in [9.17, 15) is 4.39 Å². The summed E-state index contributed by atoms with van der Waals surface area (Å²) >= 11 is 8.85. The summed E-state index contributed by atoms with van der Waals surface area (Å²) in [5, 5.41) is 3.35. The highest BCUT2D eigenvalue weighted by Crippen LogP contribution is 2.19. The van der Waals surface area contributed by atoms with Crippen LogP contribution in [0.2, 0.25) is 5.02 Å². The lowest BCUT2D eigenvalue weighted by Crippen LogP contribution is -2.02. The number of rotatable bonds is 3. The Morgan fingerprint density at radius 3 is 2.92 bits per heavy atom. The minimum atomic E-state index is -0.321. The van der Waals surface area contributed by atoms with E-state index in [0.717, 1.165) is 4.48 Å². The van der Waals surface area contributed by atoms with Gasteiger partial charge in [0.05, 0.1) is 5.69 Å². The van der Waals surface area contributed by atoms with Gasteiger partial charge in [-0.1, -0.05) is 34.1 Å². The van der Waals surface area contributed by atoms with E-state index in [1.54, 1.807) is 0 Å². The Labute approximate surface area is 89.7 Å². The molecule has 0 aliphatic heterocycles. The molecule has 4 heteroatoms. The molecule has 1 nitrogen and oxygen atoms in total. The zero-order chi connectivity index (χ0) is 9.84. The number of hydrogen-bond donors (Lipinski definition) is 1. The molecule has 70 valence electrons. The predicted octanol–water partition coefficient (Wildman–Crippen LogP) is 3.80. The van der Waals surface area contributed by atoms with Crippen molar-refractivity contribution in [2.45, 2.75) is 0 Å². The third-order valence-electron chi connectivity index (χ3n) is 1.40. The Hall–Kier alpha value is -0.540. The van der Waals surface area contributed by atoms with Crippen molar-refractivity contribution in [3.63, 3.8) is 0 Å². The van der Waals surface area contributed by atoms with Gasteiger partial charge in [0.2, 0.25) is 0 Å². The third-order valence-corrected chi connectivity index (χ3v) is 1.91. The first-order valence-electron chi connectivity index (χ1n) is 3.62. The quantitative estimate of drug-likeness (QED) is 0.875. The van der Waals surface area contributed by atoms with E-state index in [4.69, 9.17) is 11.6 Å². The first-order chi connectivity index (χ1) is 6.09. The van der Waals surface area contributed by atoms with Gasteiger partial charge < -0.3 is 5.32 Å². The molecule has 0 spiro atoms. The maximum atomic E-state index is 13.1. The Balaban J connectivity index is 2.75. The summed E-state index contributed by atoms with van der Waals surface area (Å²) in [6.45, 7) is 4.09. The van der Waals surface area contributed by atoms with Crippen LogP contribution >= 0.6 is 27.5 Å². The first kappa shape index (κ1) is 10.5. The predicted molar refractivity (Wildman–Crippen MR) is 58.0 cm³/mol. The molecule has 0 aromatic heterocycles. The minimum Gasteiger partial charge on any atom is -0.378 e. The second kappa shape index (κ2) is 4.63. The van der Waals surface area contributed by atoms with Gasteiger partial charge in [0.1, 0.15) is 5.82 Å². The van der Waals surface area contributed by atoms with Gasteiger partial charge in [-0.15, -0.1) is 0 Å². The molecule has 0 saturated heterocycles. The molecule has 0 aliphatic carbocycles. The molecule has 0 amide bonds. The molecule has 0 atom stereocenters. The van der Waals surface area contributed by atoms with Gasteiger partial charge in [-0.3, -0.25) is 0 Å². The number of anilines is 1. The summed E-state index contributed by atoms with van der Waals surface area (Å²) in [6.07, 6.45) is 0. The summed E-state index contributed by atoms with van der Waals surface area (Å²) in [6, 6.07) is 4.36. The topological polar surface area (TPSA) is 12.0 Å². The molecule has 0 radical (unpaired) electrons. The Morgan fingerprint density at radius 2 is 2.31 bits per heavy atom. The van der Waals surface area contributed by atoms with Crippen LogP contribution < -0.4 is 5.32 Å². The normalized spacial score (nSPS) is 9.77. The van der Waals surface area contributed by atoms with Gasteiger partial charge >= 0.3 is 0 Å². The molecule has 1 rings (SSSR count). The second-order valence-electron chi connectivity index (χ2n) is 2.49. The molecule has 0 saturated carbocycles. The molecule has 0 heterocycles. The number of benzene rings is 1. The lowest BCUT2D eigenvalue weighted by Gasteiger charge is -2.06. The molecular weight excluding hydrogens is 256 g/mol. The van der Waals surface area contributed by atoms with E-state index in [1.807, 2.05) is 0 Å². The summed E-state index contributed by atoms with van der Waals surface area (Å²) in [5.41, 5.74) is 0.383. The standard InChI is InChI=1S/C9H8BrClFN/c1-6(10)5-13-9-4-7(11)2-3-8(9)12/h2-4,13H,1,5H2. The van der Waals surface area contributed by atoms with E-state index in [1.165, 1.54) is 18.2 Å². The van der Waals surface area contributed by atoms with Gasteiger partial charge in [0, 0.05) is 16.0 Å². The zero-order valence-corrected chi connectivity index (χ0v) is 9.12. The summed E-state index contributed by atoms with van der Waals surface area (Å²) < 4.78 is 13.8. The van der Waals surface area contributed by atoms with Crippen LogP contribution in [0.1, 0.15) is 0 Å². The smallest absolute Gasteiger partial charge is 0.146 e. The molecule has 0 fully saturated rings. The molecule has 1 N–H and O–H groups in total. The van der Waals surface area contributed by atoms with E-state index in [2.05, 4.69) is 27.8 Å². The lowest BCUT2D eigenvalue weighted by atomic mass is 10.3. The van der Waals surface area contributed by atoms with Crippen LogP contribution in [0.15, 0.2) is 29.3 Å². The van der Waals surface area contributed by atoms with E-state index < -0.39 is 0 Å². The van der Waals surface area contributed by atoms with Crippen LogP contribution in [0.4, 0.5) is 10.1 Å². The SMILES string of the molecule is C=C(Br)CNc1cc(Cl)ccc1F. The average Bonchev–Trinajstić information content (AvgIpc) is 2.06. The monoisotopic (exact) mass is 263 g/mol. The summed E-state index contributed by atoms with van der Waals surface area (Å²) in [4.78, 5) is 0. The Bertz CT molecular complexity index is 327. The number of hydrogen-bond acceptors (Lipinski definition) is 1. The van der Waals surface area contributed by atoms with Crippen LogP contribution in [-0.2, 0) is 0 Å². The molecule has 0 aliphatic rings. The van der Waals surface area contributed by atoms with Gasteiger partial charge in [0.15, 0.2) is 0 Å². The minimum absolute atomic E-state index is 0.321. The van der Waals surface area contributed by atoms with Crippen LogP contribution in [0.25, 0.3) is 0 Å². The molecule has 0 unspecified atom stereocenters. The fraction of sp³-hybridized carbons (Fsp3) is 0.111. The molecule has 13 heavy (non-hydrogen) atoms. The maximum Gasteiger partial charge on any atom is 0.146 e. The highest BCUT2D eigenvalue weighted by molar-refractivity contribution is 9.11. The summed E-state index contributed by atoms with van der Waals surface area (Å²) in [5.74, 6) is -0.321. The van der Waals surface area contributed by atoms with Gasteiger partial charge in [-0.2, -0.15) is 0 Å². The lowest BCUT2D eigenvalue weighted by molar-refractivity contribution is 0.631. The summed E-state index contributed by atoms with van der Waals surface area (Å²) in [7, 11) is 0. The fourth-order valence-electron chi connectivity index (χ4n) is 0.824. The van der Waals surface area contributed by atoms with Crippen molar-refractivity contribution in [3.8, 4) is 0 Å². The average molecular weight is 265 g/mol. The van der Waals surface area contributed by atoms with Crippen molar-refractivity contribution in [1.82, 2.24) is 0 Å². The van der Waals surface area contributed by atoms with Gasteiger partial charge in [-0.05, 0) is 18.2 Å². The Kier molecular flexibility index (Phi) is 3.75. The van der Waals surface area contributed by atoms with Crippen molar-refractivity contribution in [2.24, 2.45) is 0 Å². The first-order valence-corrected chi connectivity index (χ1v) is 4.79. The van der Waals surface area contributed by atoms with E-state index in [-0.39, 0.29) is 5.82 Å². The van der Waals surface area contributed by atoms with Crippen molar-refractivity contribution in [1.29, 1.82) is 0 Å². The van der Waals surface area contributed by atoms with Crippen LogP contribution in [0.5, 0.6) is 0 Å². The van der Waals surface area contributed by atoms with Crippen molar-refractivity contribution < 1.29 is 4.39 Å². The third kappa shape index (κ3) is 3.36. The highest BCUT2D eigenvalue weighted by Gasteiger charge is 2.01. The molecule has 1 aromatic rings. The molecule has 0 bridgehead atoms. The van der Waals surface area contributed by atoms with Crippen molar-refractivity contribution in [2.75, 3.05) is 11.9 Å². The van der Waals surface area contributed by atoms with Gasteiger partial charge in [0.25, 0.3) is 0 Å². The highest BCUT2D eigenvalue weighted by atomic mass is 79.9. The number of halogens is 3. The van der Waals surface area contributed by atoms with E-state index in [0.29, 0.717) is 17.3 Å². The maximum absolute atomic E-state index is 13.1. The fourth-order valence-corrected chi connectivity index (χ4v) is 1.14. The second-order valence-corrected chi connectivity index (χ2v) is 4.05. The Morgan fingerprint density at radius 1 is 1.62 bits per heavy atom. The zero-order valence-electron chi connectivity index (χ0n) is 6.78. The number of nitrogens with one attached hydrogen (secondary N) is 1. The van der Waals surface area contributed by atoms with E-state index >= 15 is 0 Å².